The van der Waals surface area contributed by atoms with Crippen molar-refractivity contribution in [1.82, 2.24) is 10.7 Å². The second kappa shape index (κ2) is 10.7. The lowest BCUT2D eigenvalue weighted by atomic mass is 10.1. The number of carbonyl (C=O) groups is 2. The van der Waals surface area contributed by atoms with Gasteiger partial charge in [0.1, 0.15) is 5.75 Å². The average molecular weight is 415 g/mol. The minimum absolute atomic E-state index is 0.255. The molecule has 9 nitrogen and oxygen atoms in total. The Kier molecular flexibility index (Phi) is 8.04. The molecule has 0 aliphatic carbocycles. The van der Waals surface area contributed by atoms with Crippen molar-refractivity contribution in [2.24, 2.45) is 5.10 Å². The summed E-state index contributed by atoms with van der Waals surface area (Å²) in [6, 6.07) is 10.3. The van der Waals surface area contributed by atoms with Crippen LogP contribution in [0.2, 0.25) is 0 Å². The van der Waals surface area contributed by atoms with Gasteiger partial charge in [0.05, 0.1) is 40.7 Å². The molecular weight excluding hydrogens is 390 g/mol. The Morgan fingerprint density at radius 1 is 0.867 bits per heavy atom. The highest BCUT2D eigenvalue weighted by molar-refractivity contribution is 6.00. The summed E-state index contributed by atoms with van der Waals surface area (Å²) in [5.74, 6) is 0.837. The topological polar surface area (TPSA) is 107 Å². The molecule has 0 heterocycles. The van der Waals surface area contributed by atoms with E-state index in [1.807, 2.05) is 12.1 Å². The van der Waals surface area contributed by atoms with Crippen molar-refractivity contribution in [3.8, 4) is 23.0 Å². The molecule has 9 heteroatoms. The maximum absolute atomic E-state index is 12.4. The van der Waals surface area contributed by atoms with Gasteiger partial charge >= 0.3 is 0 Å². The van der Waals surface area contributed by atoms with E-state index in [0.29, 0.717) is 23.0 Å². The number of carbonyl (C=O) groups excluding carboxylic acids is 2. The van der Waals surface area contributed by atoms with Crippen LogP contribution in [0, 0.1) is 0 Å². The summed E-state index contributed by atoms with van der Waals surface area (Å²) in [5.41, 5.74) is 4.12. The first-order valence-electron chi connectivity index (χ1n) is 8.99. The molecule has 160 valence electrons. The molecule has 2 aromatic rings. The number of nitrogens with one attached hydrogen (secondary N) is 2. The number of hydrazone groups is 1. The first-order valence-corrected chi connectivity index (χ1v) is 8.99. The zero-order valence-corrected chi connectivity index (χ0v) is 17.6. The van der Waals surface area contributed by atoms with Gasteiger partial charge in [0.25, 0.3) is 11.8 Å². The van der Waals surface area contributed by atoms with Gasteiger partial charge in [-0.25, -0.2) is 5.43 Å². The van der Waals surface area contributed by atoms with E-state index in [2.05, 4.69) is 15.8 Å². The van der Waals surface area contributed by atoms with Gasteiger partial charge in [0.15, 0.2) is 11.5 Å². The molecule has 0 aromatic heterocycles. The summed E-state index contributed by atoms with van der Waals surface area (Å²) in [4.78, 5) is 24.5. The lowest BCUT2D eigenvalue weighted by Crippen LogP contribution is -2.35. The maximum atomic E-state index is 12.4. The molecule has 30 heavy (non-hydrogen) atoms. The van der Waals surface area contributed by atoms with E-state index in [-0.39, 0.29) is 12.1 Å². The smallest absolute Gasteiger partial charge is 0.259 e. The van der Waals surface area contributed by atoms with E-state index in [9.17, 15) is 9.59 Å². The van der Waals surface area contributed by atoms with E-state index in [0.717, 1.165) is 11.3 Å². The number of benzene rings is 2. The van der Waals surface area contributed by atoms with Gasteiger partial charge in [-0.2, -0.15) is 5.10 Å². The van der Waals surface area contributed by atoms with Crippen LogP contribution in [0.15, 0.2) is 41.5 Å². The molecule has 2 rings (SSSR count). The second-order valence-corrected chi connectivity index (χ2v) is 6.06. The van der Waals surface area contributed by atoms with E-state index in [1.165, 1.54) is 33.5 Å². The Labute approximate surface area is 175 Å². The molecule has 0 saturated carbocycles. The quantitative estimate of drug-likeness (QED) is 0.479. The highest BCUT2D eigenvalue weighted by Gasteiger charge is 2.17. The molecule has 0 spiro atoms. The number of hydrogen-bond donors (Lipinski definition) is 2. The standard InChI is InChI=1S/C21H25N3O6/c1-13(14-6-8-16(27-2)9-7-14)23-24-19(25)12-22-21(26)15-10-17(28-3)20(30-5)18(11-15)29-4/h6-11H,12H2,1-5H3,(H,22,26)(H,24,25). The van der Waals surface area contributed by atoms with Crippen LogP contribution in [0.25, 0.3) is 0 Å². The molecule has 0 bridgehead atoms. The Bertz CT molecular complexity index is 900. The van der Waals surface area contributed by atoms with Crippen molar-refractivity contribution >= 4 is 17.5 Å². The highest BCUT2D eigenvalue weighted by atomic mass is 16.5. The van der Waals surface area contributed by atoms with Crippen molar-refractivity contribution in [3.63, 3.8) is 0 Å². The first kappa shape index (κ1) is 22.5. The number of methoxy groups -OCH3 is 4. The molecule has 0 unspecified atom stereocenters. The third kappa shape index (κ3) is 5.63. The Morgan fingerprint density at radius 3 is 1.97 bits per heavy atom. The lowest BCUT2D eigenvalue weighted by Gasteiger charge is -2.14. The number of rotatable bonds is 9. The zero-order chi connectivity index (χ0) is 22.1. The Morgan fingerprint density at radius 2 is 1.47 bits per heavy atom. The fourth-order valence-corrected chi connectivity index (χ4v) is 2.56. The number of amides is 2. The van der Waals surface area contributed by atoms with Crippen LogP contribution in [0.3, 0.4) is 0 Å². The molecule has 0 aliphatic rings. The molecule has 2 N–H and O–H groups in total. The molecular formula is C21H25N3O6. The monoisotopic (exact) mass is 415 g/mol. The van der Waals surface area contributed by atoms with Crippen molar-refractivity contribution in [3.05, 3.63) is 47.5 Å². The lowest BCUT2D eigenvalue weighted by molar-refractivity contribution is -0.120. The van der Waals surface area contributed by atoms with Crippen molar-refractivity contribution < 1.29 is 28.5 Å². The number of hydrogen-bond acceptors (Lipinski definition) is 7. The van der Waals surface area contributed by atoms with Crippen molar-refractivity contribution in [2.75, 3.05) is 35.0 Å². The number of nitrogens with zero attached hydrogens (tertiary/aromatic N) is 1. The van der Waals surface area contributed by atoms with Gasteiger partial charge in [0.2, 0.25) is 5.75 Å². The van der Waals surface area contributed by atoms with E-state index < -0.39 is 11.8 Å². The van der Waals surface area contributed by atoms with Crippen LogP contribution in [0.5, 0.6) is 23.0 Å². The summed E-state index contributed by atoms with van der Waals surface area (Å²) in [6.45, 7) is 1.51. The summed E-state index contributed by atoms with van der Waals surface area (Å²) < 4.78 is 20.8. The predicted octanol–water partition coefficient (Wildman–Crippen LogP) is 1.99. The van der Waals surface area contributed by atoms with Crippen LogP contribution in [0.1, 0.15) is 22.8 Å². The summed E-state index contributed by atoms with van der Waals surface area (Å²) in [5, 5.41) is 6.58. The van der Waals surface area contributed by atoms with Crippen LogP contribution < -0.4 is 29.7 Å². The zero-order valence-electron chi connectivity index (χ0n) is 17.6. The van der Waals surface area contributed by atoms with Gasteiger partial charge in [-0.1, -0.05) is 0 Å². The van der Waals surface area contributed by atoms with E-state index in [1.54, 1.807) is 26.2 Å². The van der Waals surface area contributed by atoms with Gasteiger partial charge in [-0.15, -0.1) is 0 Å². The van der Waals surface area contributed by atoms with Crippen LogP contribution >= 0.6 is 0 Å². The first-order chi connectivity index (χ1) is 14.4. The van der Waals surface area contributed by atoms with Crippen LogP contribution in [-0.4, -0.2) is 52.5 Å². The molecule has 2 aromatic carbocycles. The fraction of sp³-hybridized carbons (Fsp3) is 0.286. The molecule has 0 aliphatic heterocycles. The molecule has 0 radical (unpaired) electrons. The molecule has 0 fully saturated rings. The van der Waals surface area contributed by atoms with Gasteiger partial charge in [0, 0.05) is 5.56 Å². The van der Waals surface area contributed by atoms with Crippen molar-refractivity contribution in [2.45, 2.75) is 6.92 Å². The van der Waals surface area contributed by atoms with Gasteiger partial charge in [-0.05, 0) is 48.9 Å². The minimum atomic E-state index is -0.472. The van der Waals surface area contributed by atoms with Crippen LogP contribution in [0.4, 0.5) is 0 Å². The van der Waals surface area contributed by atoms with Crippen molar-refractivity contribution in [1.29, 1.82) is 0 Å². The maximum Gasteiger partial charge on any atom is 0.259 e. The second-order valence-electron chi connectivity index (χ2n) is 6.06. The Balaban J connectivity index is 1.97. The highest BCUT2D eigenvalue weighted by Crippen LogP contribution is 2.38. The van der Waals surface area contributed by atoms with E-state index >= 15 is 0 Å². The largest absolute Gasteiger partial charge is 0.497 e. The summed E-state index contributed by atoms with van der Waals surface area (Å²) in [7, 11) is 5.96. The summed E-state index contributed by atoms with van der Waals surface area (Å²) in [6.07, 6.45) is 0. The van der Waals surface area contributed by atoms with E-state index in [4.69, 9.17) is 18.9 Å². The van der Waals surface area contributed by atoms with Gasteiger partial charge in [-0.3, -0.25) is 9.59 Å². The third-order valence-electron chi connectivity index (χ3n) is 4.19. The molecule has 0 atom stereocenters. The SMILES string of the molecule is COc1ccc(C(C)=NNC(=O)CNC(=O)c2cc(OC)c(OC)c(OC)c2)cc1. The van der Waals surface area contributed by atoms with Crippen LogP contribution in [-0.2, 0) is 4.79 Å². The fourth-order valence-electron chi connectivity index (χ4n) is 2.56. The predicted molar refractivity (Wildman–Crippen MR) is 112 cm³/mol. The third-order valence-corrected chi connectivity index (χ3v) is 4.19. The number of ether oxygens (including phenoxy) is 4. The molecule has 0 saturated heterocycles. The van der Waals surface area contributed by atoms with Gasteiger partial charge < -0.3 is 24.3 Å². The minimum Gasteiger partial charge on any atom is -0.497 e. The average Bonchev–Trinajstić information content (AvgIpc) is 2.79. The Hall–Kier alpha value is -3.75. The molecule has 2 amide bonds. The normalized spacial score (nSPS) is 10.8. The summed E-state index contributed by atoms with van der Waals surface area (Å²) >= 11 is 0.